The van der Waals surface area contributed by atoms with E-state index in [-0.39, 0.29) is 12.1 Å². The van der Waals surface area contributed by atoms with Gasteiger partial charge in [0.25, 0.3) is 0 Å². The average Bonchev–Trinajstić information content (AvgIpc) is 2.16. The summed E-state index contributed by atoms with van der Waals surface area (Å²) in [6, 6.07) is 0. The Morgan fingerprint density at radius 3 is 2.80 bits per heavy atom. The molecule has 0 heterocycles. The van der Waals surface area contributed by atoms with Gasteiger partial charge in [-0.2, -0.15) is 0 Å². The maximum atomic E-state index is 10.7. The lowest BCUT2D eigenvalue weighted by Crippen LogP contribution is -2.39. The molecule has 0 aliphatic rings. The number of hydrogen-bond donors (Lipinski definition) is 2. The fourth-order valence-corrected chi connectivity index (χ4v) is 1.14. The molecular weight excluding hydrogens is 194 g/mol. The van der Waals surface area contributed by atoms with Crippen molar-refractivity contribution in [3.8, 4) is 0 Å². The number of aliphatic hydroxyl groups excluding tert-OH is 1. The van der Waals surface area contributed by atoms with E-state index < -0.39 is 12.1 Å². The quantitative estimate of drug-likeness (QED) is 0.490. The number of esters is 1. The Bertz CT molecular complexity index is 214. The van der Waals surface area contributed by atoms with Crippen molar-refractivity contribution in [1.82, 2.24) is 0 Å². The largest absolute Gasteiger partial charge is 0.462 e. The zero-order valence-corrected chi connectivity index (χ0v) is 9.53. The third-order valence-corrected chi connectivity index (χ3v) is 2.37. The number of hydrogen-bond acceptors (Lipinski definition) is 4. The van der Waals surface area contributed by atoms with Crippen LogP contribution in [-0.2, 0) is 9.53 Å². The van der Waals surface area contributed by atoms with E-state index in [0.717, 1.165) is 12.5 Å². The van der Waals surface area contributed by atoms with Gasteiger partial charge < -0.3 is 15.6 Å². The number of nitrogens with two attached hydrogens (primary N) is 1. The lowest BCUT2D eigenvalue weighted by molar-refractivity contribution is -0.138. The zero-order chi connectivity index (χ0) is 11.9. The van der Waals surface area contributed by atoms with E-state index in [0.29, 0.717) is 12.8 Å². The van der Waals surface area contributed by atoms with E-state index in [2.05, 4.69) is 6.58 Å². The number of carbonyl (C=O) groups excluding carboxylic acids is 1. The number of rotatable bonds is 7. The van der Waals surface area contributed by atoms with Gasteiger partial charge in [0.1, 0.15) is 0 Å². The van der Waals surface area contributed by atoms with Crippen LogP contribution >= 0.6 is 0 Å². The highest BCUT2D eigenvalue weighted by Crippen LogP contribution is 2.14. The molecule has 0 saturated carbocycles. The van der Waals surface area contributed by atoms with Gasteiger partial charge in [0, 0.05) is 18.0 Å². The summed E-state index contributed by atoms with van der Waals surface area (Å²) in [5.41, 5.74) is 5.53. The summed E-state index contributed by atoms with van der Waals surface area (Å²) in [5, 5.41) is 9.60. The summed E-state index contributed by atoms with van der Waals surface area (Å²) in [6.07, 6.45) is 2.29. The summed E-state index contributed by atoms with van der Waals surface area (Å²) in [5.74, 6) is -0.465. The Labute approximate surface area is 91.1 Å². The van der Waals surface area contributed by atoms with Gasteiger partial charge in [-0.05, 0) is 19.8 Å². The van der Waals surface area contributed by atoms with Crippen molar-refractivity contribution in [3.05, 3.63) is 12.7 Å². The molecule has 0 aliphatic heterocycles. The monoisotopic (exact) mass is 215 g/mol. The summed E-state index contributed by atoms with van der Waals surface area (Å²) < 4.78 is 4.75. The van der Waals surface area contributed by atoms with Crippen LogP contribution in [0.2, 0.25) is 0 Å². The van der Waals surface area contributed by atoms with Crippen LogP contribution in [0, 0.1) is 0 Å². The topological polar surface area (TPSA) is 72.5 Å². The zero-order valence-electron chi connectivity index (χ0n) is 9.53. The van der Waals surface area contributed by atoms with Crippen molar-refractivity contribution >= 4 is 5.97 Å². The SMILES string of the molecule is C=CC(=O)OCCC(O)CC(C)(N)CC. The molecule has 0 fully saturated rings. The minimum absolute atomic E-state index is 0.200. The Kier molecular flexibility index (Phi) is 6.20. The van der Waals surface area contributed by atoms with Gasteiger partial charge >= 0.3 is 5.97 Å². The molecule has 2 unspecified atom stereocenters. The van der Waals surface area contributed by atoms with Crippen LogP contribution in [0.3, 0.4) is 0 Å². The molecule has 0 aromatic rings. The van der Waals surface area contributed by atoms with Crippen LogP contribution in [-0.4, -0.2) is 29.3 Å². The molecule has 0 bridgehead atoms. The molecule has 0 radical (unpaired) electrons. The molecule has 0 aliphatic carbocycles. The van der Waals surface area contributed by atoms with E-state index in [9.17, 15) is 9.90 Å². The molecule has 0 rings (SSSR count). The highest BCUT2D eigenvalue weighted by Gasteiger charge is 2.20. The molecular formula is C11H21NO3. The summed E-state index contributed by atoms with van der Waals surface area (Å²) in [4.78, 5) is 10.7. The maximum Gasteiger partial charge on any atom is 0.330 e. The van der Waals surface area contributed by atoms with Gasteiger partial charge in [0.2, 0.25) is 0 Å². The molecule has 4 nitrogen and oxygen atoms in total. The molecule has 88 valence electrons. The lowest BCUT2D eigenvalue weighted by Gasteiger charge is -2.25. The molecule has 0 saturated heterocycles. The van der Waals surface area contributed by atoms with E-state index in [1.807, 2.05) is 13.8 Å². The smallest absolute Gasteiger partial charge is 0.330 e. The molecule has 2 atom stereocenters. The third kappa shape index (κ3) is 7.11. The number of aliphatic hydroxyl groups is 1. The molecule has 0 aromatic carbocycles. The fourth-order valence-electron chi connectivity index (χ4n) is 1.14. The molecule has 0 amide bonds. The number of ether oxygens (including phenoxy) is 1. The molecule has 4 heteroatoms. The van der Waals surface area contributed by atoms with Crippen molar-refractivity contribution in [1.29, 1.82) is 0 Å². The van der Waals surface area contributed by atoms with E-state index in [4.69, 9.17) is 10.5 Å². The van der Waals surface area contributed by atoms with E-state index >= 15 is 0 Å². The normalized spacial score (nSPS) is 16.5. The Morgan fingerprint density at radius 1 is 1.73 bits per heavy atom. The van der Waals surface area contributed by atoms with Crippen LogP contribution in [0.5, 0.6) is 0 Å². The van der Waals surface area contributed by atoms with Gasteiger partial charge in [-0.15, -0.1) is 0 Å². The molecule has 15 heavy (non-hydrogen) atoms. The van der Waals surface area contributed by atoms with Gasteiger partial charge in [0.05, 0.1) is 12.7 Å². The first-order chi connectivity index (χ1) is 6.91. The lowest BCUT2D eigenvalue weighted by atomic mass is 9.92. The summed E-state index contributed by atoms with van der Waals surface area (Å²) >= 11 is 0. The second-order valence-corrected chi connectivity index (χ2v) is 4.03. The van der Waals surface area contributed by atoms with Gasteiger partial charge in [-0.1, -0.05) is 13.5 Å². The Hall–Kier alpha value is -0.870. The third-order valence-electron chi connectivity index (χ3n) is 2.37. The Morgan fingerprint density at radius 2 is 2.33 bits per heavy atom. The predicted octanol–water partition coefficient (Wildman–Crippen LogP) is 0.984. The number of carbonyl (C=O) groups is 1. The molecule has 0 aromatic heterocycles. The highest BCUT2D eigenvalue weighted by atomic mass is 16.5. The molecule has 0 spiro atoms. The summed E-state index contributed by atoms with van der Waals surface area (Å²) in [7, 11) is 0. The second kappa shape index (κ2) is 6.58. The average molecular weight is 215 g/mol. The minimum Gasteiger partial charge on any atom is -0.462 e. The first-order valence-electron chi connectivity index (χ1n) is 5.17. The van der Waals surface area contributed by atoms with Crippen LogP contribution in [0.25, 0.3) is 0 Å². The highest BCUT2D eigenvalue weighted by molar-refractivity contribution is 5.81. The minimum atomic E-state index is -0.530. The van der Waals surface area contributed by atoms with Crippen molar-refractivity contribution in [2.45, 2.75) is 44.8 Å². The Balaban J connectivity index is 3.70. The first kappa shape index (κ1) is 14.1. The fraction of sp³-hybridized carbons (Fsp3) is 0.727. The standard InChI is InChI=1S/C11H21NO3/c1-4-10(14)15-7-6-9(13)8-11(3,12)5-2/h4,9,13H,1,5-8,12H2,2-3H3. The molecule has 3 N–H and O–H groups in total. The summed E-state index contributed by atoms with van der Waals surface area (Å²) in [6.45, 7) is 7.35. The van der Waals surface area contributed by atoms with Crippen LogP contribution in [0.15, 0.2) is 12.7 Å². The van der Waals surface area contributed by atoms with Gasteiger partial charge in [0.15, 0.2) is 0 Å². The van der Waals surface area contributed by atoms with E-state index in [1.54, 1.807) is 0 Å². The van der Waals surface area contributed by atoms with Crippen molar-refractivity contribution < 1.29 is 14.6 Å². The maximum absolute atomic E-state index is 10.7. The second-order valence-electron chi connectivity index (χ2n) is 4.03. The van der Waals surface area contributed by atoms with Crippen molar-refractivity contribution in [2.24, 2.45) is 5.73 Å². The van der Waals surface area contributed by atoms with Crippen LogP contribution in [0.1, 0.15) is 33.1 Å². The van der Waals surface area contributed by atoms with Gasteiger partial charge in [-0.25, -0.2) is 4.79 Å². The first-order valence-corrected chi connectivity index (χ1v) is 5.17. The van der Waals surface area contributed by atoms with Gasteiger partial charge in [-0.3, -0.25) is 0 Å². The van der Waals surface area contributed by atoms with Crippen molar-refractivity contribution in [2.75, 3.05) is 6.61 Å². The van der Waals surface area contributed by atoms with E-state index in [1.165, 1.54) is 0 Å². The van der Waals surface area contributed by atoms with Crippen LogP contribution in [0.4, 0.5) is 0 Å². The predicted molar refractivity (Wildman–Crippen MR) is 59.3 cm³/mol. The van der Waals surface area contributed by atoms with Crippen LogP contribution < -0.4 is 5.73 Å². The van der Waals surface area contributed by atoms with Crippen molar-refractivity contribution in [3.63, 3.8) is 0 Å².